The van der Waals surface area contributed by atoms with E-state index in [0.29, 0.717) is 0 Å². The van der Waals surface area contributed by atoms with Crippen molar-refractivity contribution in [3.63, 3.8) is 0 Å². The van der Waals surface area contributed by atoms with E-state index in [-0.39, 0.29) is 12.8 Å². The Morgan fingerprint density at radius 2 is 1.83 bits per heavy atom. The van der Waals surface area contributed by atoms with Gasteiger partial charge in [0, 0.05) is 0 Å². The molecule has 0 aromatic carbocycles. The zero-order chi connectivity index (χ0) is 9.72. The summed E-state index contributed by atoms with van der Waals surface area (Å²) >= 11 is 0. The molecule has 0 rings (SSSR count). The number of carbonyl (C=O) groups is 1. The predicted octanol–water partition coefficient (Wildman–Crippen LogP) is -0.229. The van der Waals surface area contributed by atoms with E-state index >= 15 is 0 Å². The molecule has 6 heteroatoms. The smallest absolute Gasteiger partial charge is 0.320 e. The number of hydrogen-bond donors (Lipinski definition) is 3. The van der Waals surface area contributed by atoms with Crippen molar-refractivity contribution in [2.24, 2.45) is 11.5 Å². The summed E-state index contributed by atoms with van der Waals surface area (Å²) in [5.74, 6) is -1.20. The van der Waals surface area contributed by atoms with Crippen LogP contribution < -0.4 is 11.5 Å². The van der Waals surface area contributed by atoms with Gasteiger partial charge in [-0.3, -0.25) is 4.79 Å². The second-order valence-corrected chi connectivity index (χ2v) is 2.52. The van der Waals surface area contributed by atoms with E-state index in [1.807, 2.05) is 0 Å². The maximum atomic E-state index is 11.8. The molecule has 4 nitrogen and oxygen atoms in total. The molecular formula is C6H12F2N2O2. The molecule has 0 amide bonds. The van der Waals surface area contributed by atoms with Gasteiger partial charge in [-0.2, -0.15) is 0 Å². The summed E-state index contributed by atoms with van der Waals surface area (Å²) in [6.07, 6.45) is -2.72. The van der Waals surface area contributed by atoms with Crippen molar-refractivity contribution < 1.29 is 18.7 Å². The maximum absolute atomic E-state index is 11.8. The zero-order valence-electron chi connectivity index (χ0n) is 6.41. The van der Waals surface area contributed by atoms with Gasteiger partial charge in [0.15, 0.2) is 0 Å². The Balaban J connectivity index is 3.61. The van der Waals surface area contributed by atoms with Gasteiger partial charge in [-0.15, -0.1) is 0 Å². The first-order valence-electron chi connectivity index (χ1n) is 3.47. The molecule has 0 aromatic heterocycles. The highest BCUT2D eigenvalue weighted by molar-refractivity contribution is 5.72. The van der Waals surface area contributed by atoms with Crippen LogP contribution in [0.2, 0.25) is 0 Å². The van der Waals surface area contributed by atoms with E-state index in [1.54, 1.807) is 0 Å². The van der Waals surface area contributed by atoms with Gasteiger partial charge in [0.1, 0.15) is 6.04 Å². The fourth-order valence-electron chi connectivity index (χ4n) is 0.621. The zero-order valence-corrected chi connectivity index (χ0v) is 6.41. The summed E-state index contributed by atoms with van der Waals surface area (Å²) in [5.41, 5.74) is 10.0. The van der Waals surface area contributed by atoms with Crippen LogP contribution in [0.15, 0.2) is 0 Å². The van der Waals surface area contributed by atoms with Gasteiger partial charge in [0.25, 0.3) is 6.43 Å². The molecule has 0 heterocycles. The number of hydrogen-bond acceptors (Lipinski definition) is 3. The molecule has 0 fully saturated rings. The van der Waals surface area contributed by atoms with E-state index in [2.05, 4.69) is 0 Å². The molecule has 5 N–H and O–H groups in total. The quantitative estimate of drug-likeness (QED) is 0.548. The Labute approximate surface area is 68.5 Å². The lowest BCUT2D eigenvalue weighted by atomic mass is 10.1. The van der Waals surface area contributed by atoms with Crippen LogP contribution in [-0.2, 0) is 4.79 Å². The number of carboxylic acid groups (broad SMARTS) is 1. The molecule has 0 spiro atoms. The van der Waals surface area contributed by atoms with Gasteiger partial charge in [0.2, 0.25) is 0 Å². The van der Waals surface area contributed by atoms with Crippen molar-refractivity contribution in [2.45, 2.75) is 31.4 Å². The minimum absolute atomic E-state index is 0.0269. The molecule has 0 radical (unpaired) electrons. The van der Waals surface area contributed by atoms with Crippen LogP contribution >= 0.6 is 0 Å². The van der Waals surface area contributed by atoms with Crippen LogP contribution in [0.25, 0.3) is 0 Å². The Hall–Kier alpha value is -0.750. The lowest BCUT2D eigenvalue weighted by Gasteiger charge is -2.11. The monoisotopic (exact) mass is 182 g/mol. The molecule has 0 aliphatic rings. The average Bonchev–Trinajstić information content (AvgIpc) is 1.98. The second kappa shape index (κ2) is 5.00. The summed E-state index contributed by atoms with van der Waals surface area (Å²) in [7, 11) is 0. The fourth-order valence-corrected chi connectivity index (χ4v) is 0.621. The minimum Gasteiger partial charge on any atom is -0.480 e. The summed E-state index contributed by atoms with van der Waals surface area (Å²) in [6, 6.07) is -2.38. The average molecular weight is 182 g/mol. The first-order chi connectivity index (χ1) is 5.45. The van der Waals surface area contributed by atoms with E-state index in [0.717, 1.165) is 0 Å². The molecule has 0 saturated carbocycles. The third-order valence-corrected chi connectivity index (χ3v) is 1.45. The van der Waals surface area contributed by atoms with Crippen LogP contribution in [0.4, 0.5) is 8.78 Å². The van der Waals surface area contributed by atoms with Crippen LogP contribution in [-0.4, -0.2) is 29.6 Å². The van der Waals surface area contributed by atoms with Gasteiger partial charge >= 0.3 is 5.97 Å². The summed E-state index contributed by atoms with van der Waals surface area (Å²) in [5, 5.41) is 8.28. The van der Waals surface area contributed by atoms with Crippen molar-refractivity contribution in [3.8, 4) is 0 Å². The van der Waals surface area contributed by atoms with E-state index < -0.39 is 24.5 Å². The lowest BCUT2D eigenvalue weighted by Crippen LogP contribution is -2.35. The number of carboxylic acids is 1. The Bertz CT molecular complexity index is 154. The molecule has 0 aromatic rings. The van der Waals surface area contributed by atoms with Crippen LogP contribution in [0, 0.1) is 0 Å². The first kappa shape index (κ1) is 11.2. The van der Waals surface area contributed by atoms with E-state index in [1.165, 1.54) is 0 Å². The van der Waals surface area contributed by atoms with Gasteiger partial charge in [-0.1, -0.05) is 0 Å². The number of alkyl halides is 2. The molecule has 2 atom stereocenters. The standard InChI is InChI=1S/C6H12F2N2O2/c7-5(8)3(9)1-2-4(10)6(11)12/h3-5H,1-2,9-10H2,(H,11,12). The topological polar surface area (TPSA) is 89.3 Å². The van der Waals surface area contributed by atoms with Crippen LogP contribution in [0.1, 0.15) is 12.8 Å². The Morgan fingerprint density at radius 1 is 1.33 bits per heavy atom. The normalized spacial score (nSPS) is 16.1. The SMILES string of the molecule is NC(CCC(N)C(F)F)C(=O)O. The van der Waals surface area contributed by atoms with Crippen molar-refractivity contribution in [2.75, 3.05) is 0 Å². The largest absolute Gasteiger partial charge is 0.480 e. The molecule has 0 aliphatic carbocycles. The third kappa shape index (κ3) is 4.20. The summed E-state index contributed by atoms with van der Waals surface area (Å²) in [6.45, 7) is 0. The molecular weight excluding hydrogens is 170 g/mol. The highest BCUT2D eigenvalue weighted by Crippen LogP contribution is 2.06. The summed E-state index contributed by atoms with van der Waals surface area (Å²) in [4.78, 5) is 10.1. The van der Waals surface area contributed by atoms with Gasteiger partial charge in [0.05, 0.1) is 6.04 Å². The fraction of sp³-hybridized carbons (Fsp3) is 0.833. The van der Waals surface area contributed by atoms with Crippen molar-refractivity contribution >= 4 is 5.97 Å². The number of nitrogens with two attached hydrogens (primary N) is 2. The number of halogens is 2. The minimum atomic E-state index is -2.62. The van der Waals surface area contributed by atoms with Crippen LogP contribution in [0.3, 0.4) is 0 Å². The molecule has 0 aliphatic heterocycles. The first-order valence-corrected chi connectivity index (χ1v) is 3.47. The predicted molar refractivity (Wildman–Crippen MR) is 38.8 cm³/mol. The lowest BCUT2D eigenvalue weighted by molar-refractivity contribution is -0.138. The van der Waals surface area contributed by atoms with Crippen molar-refractivity contribution in [1.29, 1.82) is 0 Å². The van der Waals surface area contributed by atoms with E-state index in [4.69, 9.17) is 16.6 Å². The molecule has 0 bridgehead atoms. The third-order valence-electron chi connectivity index (χ3n) is 1.45. The molecule has 12 heavy (non-hydrogen) atoms. The maximum Gasteiger partial charge on any atom is 0.320 e. The molecule has 2 unspecified atom stereocenters. The summed E-state index contributed by atoms with van der Waals surface area (Å²) < 4.78 is 23.5. The highest BCUT2D eigenvalue weighted by atomic mass is 19.3. The Kier molecular flexibility index (Phi) is 4.68. The number of rotatable bonds is 5. The van der Waals surface area contributed by atoms with Gasteiger partial charge in [-0.05, 0) is 12.8 Å². The molecule has 72 valence electrons. The van der Waals surface area contributed by atoms with E-state index in [9.17, 15) is 13.6 Å². The highest BCUT2D eigenvalue weighted by Gasteiger charge is 2.18. The van der Waals surface area contributed by atoms with Gasteiger partial charge < -0.3 is 16.6 Å². The number of aliphatic carboxylic acids is 1. The van der Waals surface area contributed by atoms with Crippen molar-refractivity contribution in [3.05, 3.63) is 0 Å². The second-order valence-electron chi connectivity index (χ2n) is 2.52. The van der Waals surface area contributed by atoms with Gasteiger partial charge in [-0.25, -0.2) is 8.78 Å². The molecule has 0 saturated heterocycles. The Morgan fingerprint density at radius 3 is 2.17 bits per heavy atom. The van der Waals surface area contributed by atoms with Crippen molar-refractivity contribution in [1.82, 2.24) is 0 Å². The van der Waals surface area contributed by atoms with Crippen LogP contribution in [0.5, 0.6) is 0 Å².